The topological polar surface area (TPSA) is 49.0 Å². The number of carbonyl (C=O) groups is 1. The Morgan fingerprint density at radius 1 is 1.12 bits per heavy atom. The summed E-state index contributed by atoms with van der Waals surface area (Å²) in [4.78, 5) is 22.6. The minimum absolute atomic E-state index is 0.0850. The second-order valence-electron chi connectivity index (χ2n) is 5.76. The Balaban J connectivity index is 1.50. The second kappa shape index (κ2) is 7.27. The number of imidazole rings is 1. The van der Waals surface area contributed by atoms with Gasteiger partial charge in [0.1, 0.15) is 10.1 Å². The summed E-state index contributed by atoms with van der Waals surface area (Å²) in [7, 11) is 0. The van der Waals surface area contributed by atoms with Crippen molar-refractivity contribution in [3.63, 3.8) is 0 Å². The Bertz CT molecular complexity index is 1000. The fourth-order valence-electron chi connectivity index (χ4n) is 2.69. The number of allylic oxidation sites excluding steroid dienone is 2. The Labute approximate surface area is 160 Å². The Morgan fingerprint density at radius 3 is 2.69 bits per heavy atom. The van der Waals surface area contributed by atoms with Gasteiger partial charge in [0.2, 0.25) is 0 Å². The average Bonchev–Trinajstić information content (AvgIpc) is 3.18. The molecule has 0 spiro atoms. The first kappa shape index (κ1) is 16.8. The van der Waals surface area contributed by atoms with E-state index in [-0.39, 0.29) is 5.91 Å². The van der Waals surface area contributed by atoms with E-state index in [0.29, 0.717) is 15.8 Å². The summed E-state index contributed by atoms with van der Waals surface area (Å²) in [6.45, 7) is 0.346. The fourth-order valence-corrected chi connectivity index (χ4v) is 3.90. The van der Waals surface area contributed by atoms with Crippen molar-refractivity contribution in [3.05, 3.63) is 83.0 Å². The molecule has 1 saturated heterocycles. The first-order valence-corrected chi connectivity index (χ1v) is 9.34. The standard InChI is InChI=1S/C20H15N3OS2/c24-19-17(12-6-9-14-7-2-1-3-8-14)26-20(25)23(19)13-18-21-15-10-4-5-11-16(15)22-18/h1-12H,13H2,(H,21,22)/b9-6+,17-12-. The summed E-state index contributed by atoms with van der Waals surface area (Å²) in [5.74, 6) is 0.641. The molecular formula is C20H15N3OS2. The molecule has 1 N–H and O–H groups in total. The van der Waals surface area contributed by atoms with Crippen molar-refractivity contribution in [2.45, 2.75) is 6.54 Å². The molecule has 2 heterocycles. The quantitative estimate of drug-likeness (QED) is 0.536. The zero-order valence-electron chi connectivity index (χ0n) is 13.8. The van der Waals surface area contributed by atoms with E-state index >= 15 is 0 Å². The largest absolute Gasteiger partial charge is 0.340 e. The lowest BCUT2D eigenvalue weighted by molar-refractivity contribution is -0.122. The third-order valence-corrected chi connectivity index (χ3v) is 5.35. The van der Waals surface area contributed by atoms with Gasteiger partial charge in [-0.15, -0.1) is 0 Å². The van der Waals surface area contributed by atoms with Crippen LogP contribution in [0.3, 0.4) is 0 Å². The van der Waals surface area contributed by atoms with Gasteiger partial charge in [-0.1, -0.05) is 78.6 Å². The van der Waals surface area contributed by atoms with Crippen LogP contribution in [0.1, 0.15) is 11.4 Å². The normalized spacial score (nSPS) is 16.5. The number of hydrogen-bond donors (Lipinski definition) is 1. The van der Waals surface area contributed by atoms with Crippen LogP contribution in [-0.2, 0) is 11.3 Å². The second-order valence-corrected chi connectivity index (χ2v) is 7.44. The highest BCUT2D eigenvalue weighted by Crippen LogP contribution is 2.32. The molecule has 0 saturated carbocycles. The molecule has 0 unspecified atom stereocenters. The maximum absolute atomic E-state index is 12.7. The fraction of sp³-hybridized carbons (Fsp3) is 0.0500. The molecule has 0 radical (unpaired) electrons. The van der Waals surface area contributed by atoms with Crippen LogP contribution in [0.25, 0.3) is 17.1 Å². The number of aromatic amines is 1. The van der Waals surface area contributed by atoms with Crippen LogP contribution < -0.4 is 0 Å². The summed E-state index contributed by atoms with van der Waals surface area (Å²) < 4.78 is 0.551. The number of carbonyl (C=O) groups excluding carboxylic acids is 1. The molecule has 26 heavy (non-hydrogen) atoms. The van der Waals surface area contributed by atoms with Crippen molar-refractivity contribution in [1.82, 2.24) is 14.9 Å². The molecule has 2 aromatic carbocycles. The molecule has 1 aliphatic heterocycles. The van der Waals surface area contributed by atoms with E-state index in [9.17, 15) is 4.79 Å². The van der Waals surface area contributed by atoms with E-state index in [1.165, 1.54) is 11.8 Å². The zero-order valence-corrected chi connectivity index (χ0v) is 15.4. The van der Waals surface area contributed by atoms with E-state index in [1.54, 1.807) is 4.90 Å². The van der Waals surface area contributed by atoms with Gasteiger partial charge in [-0.25, -0.2) is 4.98 Å². The van der Waals surface area contributed by atoms with Crippen molar-refractivity contribution in [2.75, 3.05) is 0 Å². The highest BCUT2D eigenvalue weighted by Gasteiger charge is 2.32. The molecule has 3 aromatic rings. The van der Waals surface area contributed by atoms with Crippen LogP contribution >= 0.6 is 24.0 Å². The third-order valence-electron chi connectivity index (χ3n) is 3.96. The lowest BCUT2D eigenvalue weighted by Gasteiger charge is -2.11. The van der Waals surface area contributed by atoms with E-state index in [0.717, 1.165) is 22.4 Å². The first-order valence-electron chi connectivity index (χ1n) is 8.11. The van der Waals surface area contributed by atoms with Gasteiger partial charge in [0.05, 0.1) is 22.5 Å². The minimum atomic E-state index is -0.0850. The van der Waals surface area contributed by atoms with Crippen molar-refractivity contribution in [2.24, 2.45) is 0 Å². The Morgan fingerprint density at radius 2 is 1.88 bits per heavy atom. The number of nitrogens with one attached hydrogen (secondary N) is 1. The number of aromatic nitrogens is 2. The van der Waals surface area contributed by atoms with Gasteiger partial charge in [0.25, 0.3) is 5.91 Å². The Kier molecular flexibility index (Phi) is 4.69. The van der Waals surface area contributed by atoms with Gasteiger partial charge in [-0.3, -0.25) is 9.69 Å². The van der Waals surface area contributed by atoms with Crippen LogP contribution in [0.4, 0.5) is 0 Å². The average molecular weight is 377 g/mol. The third kappa shape index (κ3) is 3.47. The first-order chi connectivity index (χ1) is 12.7. The van der Waals surface area contributed by atoms with Crippen LogP contribution in [0.15, 0.2) is 71.7 Å². The Hall–Kier alpha value is -2.70. The van der Waals surface area contributed by atoms with E-state index in [1.807, 2.05) is 72.8 Å². The van der Waals surface area contributed by atoms with Crippen LogP contribution in [0.5, 0.6) is 0 Å². The number of para-hydroxylation sites is 2. The number of amides is 1. The predicted molar refractivity (Wildman–Crippen MR) is 110 cm³/mol. The summed E-state index contributed by atoms with van der Waals surface area (Å²) in [6, 6.07) is 17.7. The monoisotopic (exact) mass is 377 g/mol. The minimum Gasteiger partial charge on any atom is -0.340 e. The summed E-state index contributed by atoms with van der Waals surface area (Å²) in [5, 5.41) is 0. The maximum Gasteiger partial charge on any atom is 0.266 e. The van der Waals surface area contributed by atoms with Gasteiger partial charge in [0, 0.05) is 0 Å². The number of nitrogens with zero attached hydrogens (tertiary/aromatic N) is 2. The molecule has 1 fully saturated rings. The molecule has 128 valence electrons. The lowest BCUT2D eigenvalue weighted by Crippen LogP contribution is -2.27. The molecule has 1 aromatic heterocycles. The van der Waals surface area contributed by atoms with Crippen LogP contribution in [0, 0.1) is 0 Å². The molecule has 1 amide bonds. The predicted octanol–water partition coefficient (Wildman–Crippen LogP) is 4.52. The SMILES string of the molecule is O=C1/C(=C/C=C/c2ccccc2)SC(=S)N1Cc1nc2ccccc2[nH]1. The molecule has 4 rings (SSSR count). The number of fused-ring (bicyclic) bond motifs is 1. The molecule has 4 nitrogen and oxygen atoms in total. The van der Waals surface area contributed by atoms with Crippen molar-refractivity contribution < 1.29 is 4.79 Å². The number of rotatable bonds is 4. The van der Waals surface area contributed by atoms with Crippen molar-refractivity contribution in [1.29, 1.82) is 0 Å². The number of hydrogen-bond acceptors (Lipinski definition) is 4. The maximum atomic E-state index is 12.7. The van der Waals surface area contributed by atoms with Crippen molar-refractivity contribution >= 4 is 51.3 Å². The molecule has 0 bridgehead atoms. The summed E-state index contributed by atoms with van der Waals surface area (Å²) >= 11 is 6.70. The van der Waals surface area contributed by atoms with E-state index < -0.39 is 0 Å². The van der Waals surface area contributed by atoms with Crippen molar-refractivity contribution in [3.8, 4) is 0 Å². The van der Waals surface area contributed by atoms with Crippen LogP contribution in [-0.4, -0.2) is 25.1 Å². The van der Waals surface area contributed by atoms with E-state index in [2.05, 4.69) is 9.97 Å². The molecule has 0 aliphatic carbocycles. The number of thiocarbonyl (C=S) groups is 1. The van der Waals surface area contributed by atoms with Gasteiger partial charge in [-0.05, 0) is 23.8 Å². The van der Waals surface area contributed by atoms with Crippen LogP contribution in [0.2, 0.25) is 0 Å². The zero-order chi connectivity index (χ0) is 17.9. The highest BCUT2D eigenvalue weighted by molar-refractivity contribution is 8.26. The van der Waals surface area contributed by atoms with Gasteiger partial charge < -0.3 is 4.98 Å². The lowest BCUT2D eigenvalue weighted by atomic mass is 10.2. The molecule has 0 atom stereocenters. The number of H-pyrrole nitrogens is 1. The van der Waals surface area contributed by atoms with Gasteiger partial charge in [0.15, 0.2) is 0 Å². The molecule has 1 aliphatic rings. The number of benzene rings is 2. The summed E-state index contributed by atoms with van der Waals surface area (Å²) in [6.07, 6.45) is 5.65. The highest BCUT2D eigenvalue weighted by atomic mass is 32.2. The van der Waals surface area contributed by atoms with Gasteiger partial charge in [-0.2, -0.15) is 0 Å². The van der Waals surface area contributed by atoms with Gasteiger partial charge >= 0.3 is 0 Å². The summed E-state index contributed by atoms with van der Waals surface area (Å²) in [5.41, 5.74) is 2.92. The molecular weight excluding hydrogens is 362 g/mol. The number of thioether (sulfide) groups is 1. The molecule has 6 heteroatoms. The van der Waals surface area contributed by atoms with E-state index in [4.69, 9.17) is 12.2 Å². The smallest absolute Gasteiger partial charge is 0.266 e.